The van der Waals surface area contributed by atoms with E-state index in [9.17, 15) is 0 Å². The molecule has 0 unspecified atom stereocenters. The summed E-state index contributed by atoms with van der Waals surface area (Å²) in [5.74, 6) is 0.0363. The summed E-state index contributed by atoms with van der Waals surface area (Å²) in [7, 11) is -0.730. The number of nitrogens with zero attached hydrogens (tertiary/aromatic N) is 2. The molecule has 0 amide bonds. The van der Waals surface area contributed by atoms with Crippen LogP contribution in [0, 0.1) is 0 Å². The van der Waals surface area contributed by atoms with Gasteiger partial charge in [0.15, 0.2) is 5.82 Å². The van der Waals surface area contributed by atoms with Crippen molar-refractivity contribution in [1.29, 1.82) is 0 Å². The third-order valence-corrected chi connectivity index (χ3v) is 3.90. The van der Waals surface area contributed by atoms with Crippen LogP contribution in [0.2, 0.25) is 0 Å². The lowest BCUT2D eigenvalue weighted by molar-refractivity contribution is 0.00578. The van der Waals surface area contributed by atoms with Gasteiger partial charge in [0.2, 0.25) is 0 Å². The fraction of sp³-hybridized carbons (Fsp3) is 0.375. The van der Waals surface area contributed by atoms with Gasteiger partial charge in [-0.3, -0.25) is 0 Å². The van der Waals surface area contributed by atoms with E-state index in [1.54, 1.807) is 6.07 Å². The van der Waals surface area contributed by atoms with Crippen molar-refractivity contribution in [2.45, 2.75) is 38.9 Å². The number of hydrogen-bond donors (Lipinski definition) is 0. The van der Waals surface area contributed by atoms with Crippen molar-refractivity contribution in [2.75, 3.05) is 0 Å². The molecule has 1 fully saturated rings. The maximum atomic E-state index is 8.06. The molecule has 0 aliphatic carbocycles. The van der Waals surface area contributed by atoms with Crippen LogP contribution in [0.5, 0.6) is 0 Å². The molecule has 0 saturated carbocycles. The van der Waals surface area contributed by atoms with Gasteiger partial charge in [-0.15, -0.1) is 0 Å². The molecule has 1 aromatic carbocycles. The Morgan fingerprint density at radius 3 is 2.29 bits per heavy atom. The molecule has 0 N–H and O–H groups in total. The minimum Gasteiger partial charge on any atom is -0.398 e. The van der Waals surface area contributed by atoms with E-state index in [0.29, 0.717) is 5.59 Å². The van der Waals surface area contributed by atoms with Gasteiger partial charge in [-0.05, 0) is 33.8 Å². The van der Waals surface area contributed by atoms with Gasteiger partial charge in [0.25, 0.3) is 0 Å². The topological polar surface area (TPSA) is 44.2 Å². The summed E-state index contributed by atoms with van der Waals surface area (Å²) < 4.78 is 51.3. The van der Waals surface area contributed by atoms with Crippen LogP contribution in [0.4, 0.5) is 0 Å². The van der Waals surface area contributed by atoms with Gasteiger partial charge >= 0.3 is 7.12 Å². The Morgan fingerprint density at radius 2 is 1.67 bits per heavy atom. The lowest BCUT2D eigenvalue weighted by Crippen LogP contribution is -2.41. The zero-order chi connectivity index (χ0) is 19.4. The van der Waals surface area contributed by atoms with E-state index in [-0.39, 0.29) is 23.5 Å². The molecule has 108 valence electrons. The number of aromatic nitrogens is 2. The molecule has 5 heteroatoms. The van der Waals surface area contributed by atoms with Crippen molar-refractivity contribution in [2.24, 2.45) is 0 Å². The molecule has 1 aliphatic rings. The highest BCUT2D eigenvalue weighted by Crippen LogP contribution is 2.36. The summed E-state index contributed by atoms with van der Waals surface area (Å²) in [6.45, 7) is 7.69. The fourth-order valence-corrected chi connectivity index (χ4v) is 1.95. The largest absolute Gasteiger partial charge is 0.514 e. The van der Waals surface area contributed by atoms with Crippen molar-refractivity contribution in [1.82, 2.24) is 9.97 Å². The summed E-state index contributed by atoms with van der Waals surface area (Å²) in [5.41, 5.74) is -0.700. The van der Waals surface area contributed by atoms with E-state index < -0.39 is 36.4 Å². The van der Waals surface area contributed by atoms with Crippen LogP contribution in [0.25, 0.3) is 11.4 Å². The Bertz CT molecular complexity index is 846. The predicted octanol–water partition coefficient (Wildman–Crippen LogP) is 2.44. The maximum Gasteiger partial charge on any atom is 0.514 e. The van der Waals surface area contributed by atoms with Crippen LogP contribution in [0.3, 0.4) is 0 Å². The third-order valence-electron chi connectivity index (χ3n) is 3.90. The second-order valence-electron chi connectivity index (χ2n) is 5.89. The van der Waals surface area contributed by atoms with E-state index >= 15 is 0 Å². The van der Waals surface area contributed by atoms with Crippen LogP contribution in [0.1, 0.15) is 34.5 Å². The molecule has 4 nitrogen and oxygen atoms in total. The monoisotopic (exact) mass is 287 g/mol. The van der Waals surface area contributed by atoms with Crippen LogP contribution in [-0.4, -0.2) is 28.3 Å². The van der Waals surface area contributed by atoms with Crippen molar-refractivity contribution < 1.29 is 16.2 Å². The molecule has 1 saturated heterocycles. The van der Waals surface area contributed by atoms with Crippen molar-refractivity contribution in [3.05, 3.63) is 42.5 Å². The van der Waals surface area contributed by atoms with Crippen LogP contribution >= 0.6 is 0 Å². The molecule has 0 spiro atoms. The lowest BCUT2D eigenvalue weighted by atomic mass is 9.84. The van der Waals surface area contributed by atoms with E-state index in [1.807, 2.05) is 27.7 Å². The standard InChI is InChI=1S/C16H19BN2O2/c1-15(2)16(3,4)21-17(20-15)13-10-11-18-14(19-13)12-8-6-5-7-9-12/h5-11H,1-4H3/i5D,6D,7D,8D,9D. The Labute approximate surface area is 132 Å². The molecule has 0 atom stereocenters. The first kappa shape index (κ1) is 9.33. The van der Waals surface area contributed by atoms with Crippen molar-refractivity contribution in [3.8, 4) is 11.4 Å². The summed E-state index contributed by atoms with van der Waals surface area (Å²) >= 11 is 0. The number of hydrogen-bond acceptors (Lipinski definition) is 4. The number of rotatable bonds is 2. The molecule has 2 aromatic rings. The summed E-state index contributed by atoms with van der Waals surface area (Å²) in [6.07, 6.45) is 1.46. The van der Waals surface area contributed by atoms with Gasteiger partial charge < -0.3 is 9.31 Å². The van der Waals surface area contributed by atoms with Gasteiger partial charge in [0.1, 0.15) is 0 Å². The highest BCUT2D eigenvalue weighted by atomic mass is 16.7. The fourth-order valence-electron chi connectivity index (χ4n) is 1.95. The van der Waals surface area contributed by atoms with E-state index in [1.165, 1.54) is 6.20 Å². The molecule has 3 rings (SSSR count). The second-order valence-corrected chi connectivity index (χ2v) is 5.89. The van der Waals surface area contributed by atoms with E-state index in [0.717, 1.165) is 0 Å². The molecular formula is C16H19BN2O2. The van der Waals surface area contributed by atoms with Crippen LogP contribution in [-0.2, 0) is 9.31 Å². The molecule has 1 aliphatic heterocycles. The predicted molar refractivity (Wildman–Crippen MR) is 83.2 cm³/mol. The quantitative estimate of drug-likeness (QED) is 0.796. The Kier molecular flexibility index (Phi) is 2.19. The van der Waals surface area contributed by atoms with Crippen molar-refractivity contribution >= 4 is 12.7 Å². The van der Waals surface area contributed by atoms with Crippen LogP contribution in [0.15, 0.2) is 42.5 Å². The van der Waals surface area contributed by atoms with Gasteiger partial charge in [0.05, 0.1) is 23.6 Å². The normalized spacial score (nSPS) is 23.0. The first-order chi connectivity index (χ1) is 12.0. The maximum absolute atomic E-state index is 8.06. The molecule has 1 aromatic heterocycles. The van der Waals surface area contributed by atoms with Gasteiger partial charge in [-0.1, -0.05) is 30.2 Å². The molecule has 0 radical (unpaired) electrons. The third kappa shape index (κ3) is 2.59. The average Bonchev–Trinajstić information content (AvgIpc) is 2.79. The van der Waals surface area contributed by atoms with Crippen molar-refractivity contribution in [3.63, 3.8) is 0 Å². The van der Waals surface area contributed by atoms with E-state index in [4.69, 9.17) is 16.2 Å². The van der Waals surface area contributed by atoms with Crippen LogP contribution < -0.4 is 5.59 Å². The van der Waals surface area contributed by atoms with E-state index in [2.05, 4.69) is 9.97 Å². The number of benzene rings is 1. The van der Waals surface area contributed by atoms with Gasteiger partial charge in [-0.25, -0.2) is 9.97 Å². The smallest absolute Gasteiger partial charge is 0.398 e. The highest BCUT2D eigenvalue weighted by Gasteiger charge is 2.52. The average molecular weight is 287 g/mol. The zero-order valence-electron chi connectivity index (χ0n) is 17.4. The van der Waals surface area contributed by atoms with Gasteiger partial charge in [0, 0.05) is 11.8 Å². The summed E-state index contributed by atoms with van der Waals surface area (Å²) in [5, 5.41) is 0. The van der Waals surface area contributed by atoms with Gasteiger partial charge in [-0.2, -0.15) is 0 Å². The Balaban J connectivity index is 2.08. The Morgan fingerprint density at radius 1 is 1.05 bits per heavy atom. The SMILES string of the molecule is [2H]c1c([2H])c([2H])c(-c2nccc(B3OC(C)(C)C(C)(C)O3)n2)c([2H])c1[2H]. The Hall–Kier alpha value is -1.72. The first-order valence-electron chi connectivity index (χ1n) is 9.22. The molecule has 2 heterocycles. The first-order valence-corrected chi connectivity index (χ1v) is 6.72. The molecule has 21 heavy (non-hydrogen) atoms. The zero-order valence-corrected chi connectivity index (χ0v) is 12.4. The lowest BCUT2D eigenvalue weighted by Gasteiger charge is -2.32. The summed E-state index contributed by atoms with van der Waals surface area (Å²) in [4.78, 5) is 8.46. The molecular weight excluding hydrogens is 263 g/mol. The summed E-state index contributed by atoms with van der Waals surface area (Å²) in [6, 6.07) is -0.368. The molecule has 0 bridgehead atoms. The minimum atomic E-state index is -0.730. The minimum absolute atomic E-state index is 0.0363. The second kappa shape index (κ2) is 4.93. The highest BCUT2D eigenvalue weighted by molar-refractivity contribution is 6.61.